The van der Waals surface area contributed by atoms with Gasteiger partial charge >= 0.3 is 5.97 Å². The van der Waals surface area contributed by atoms with Crippen molar-refractivity contribution in [1.82, 2.24) is 0 Å². The molecule has 0 heterocycles. The highest BCUT2D eigenvalue weighted by Crippen LogP contribution is 2.20. The molecule has 0 atom stereocenters. The zero-order chi connectivity index (χ0) is 13.8. The van der Waals surface area contributed by atoms with Crippen LogP contribution in [0.5, 0.6) is 0 Å². The van der Waals surface area contributed by atoms with Crippen molar-refractivity contribution in [3.8, 4) is 0 Å². The lowest BCUT2D eigenvalue weighted by Gasteiger charge is -2.19. The second-order valence-electron chi connectivity index (χ2n) is 5.22. The van der Waals surface area contributed by atoms with Crippen LogP contribution in [-0.4, -0.2) is 18.1 Å². The first-order chi connectivity index (χ1) is 8.28. The number of halogens is 1. The molecule has 0 amide bonds. The van der Waals surface area contributed by atoms with Crippen molar-refractivity contribution in [3.63, 3.8) is 0 Å². The van der Waals surface area contributed by atoms with Crippen molar-refractivity contribution in [2.75, 3.05) is 11.9 Å². The van der Waals surface area contributed by atoms with Gasteiger partial charge in [0.25, 0.3) is 0 Å². The molecule has 1 rings (SSSR count). The van der Waals surface area contributed by atoms with E-state index in [1.54, 1.807) is 0 Å². The number of rotatable bonds is 4. The summed E-state index contributed by atoms with van der Waals surface area (Å²) in [7, 11) is 0. The predicted molar refractivity (Wildman–Crippen MR) is 77.8 cm³/mol. The molecule has 0 aliphatic rings. The largest absolute Gasteiger partial charge is 0.460 e. The number of ether oxygens (including phenoxy) is 1. The maximum atomic E-state index is 11.5. The van der Waals surface area contributed by atoms with Crippen molar-refractivity contribution < 1.29 is 9.53 Å². The summed E-state index contributed by atoms with van der Waals surface area (Å²) in [4.78, 5) is 11.5. The first-order valence-corrected chi connectivity index (χ1v) is 6.79. The summed E-state index contributed by atoms with van der Waals surface area (Å²) in [5, 5.41) is 3.24. The van der Waals surface area contributed by atoms with Crippen LogP contribution in [0.1, 0.15) is 32.8 Å². The smallest absolute Gasteiger partial charge is 0.308 e. The molecule has 0 aliphatic carbocycles. The Labute approximate surface area is 117 Å². The van der Waals surface area contributed by atoms with E-state index in [1.165, 1.54) is 0 Å². The second kappa shape index (κ2) is 6.23. The molecule has 0 aromatic heterocycles. The molecule has 100 valence electrons. The van der Waals surface area contributed by atoms with Crippen LogP contribution in [0.2, 0.25) is 0 Å². The van der Waals surface area contributed by atoms with E-state index >= 15 is 0 Å². The van der Waals surface area contributed by atoms with Gasteiger partial charge in [0.2, 0.25) is 0 Å². The fraction of sp³-hybridized carbons (Fsp3) is 0.500. The van der Waals surface area contributed by atoms with E-state index in [2.05, 4.69) is 21.2 Å². The summed E-state index contributed by atoms with van der Waals surface area (Å²) in [5.41, 5.74) is 1.78. The maximum absolute atomic E-state index is 11.5. The summed E-state index contributed by atoms with van der Waals surface area (Å²) in [5.74, 6) is -0.178. The van der Waals surface area contributed by atoms with Crippen LogP contribution in [0.25, 0.3) is 0 Å². The molecular weight excluding hydrogens is 294 g/mol. The Morgan fingerprint density at radius 1 is 1.39 bits per heavy atom. The van der Waals surface area contributed by atoms with Crippen LogP contribution >= 0.6 is 15.9 Å². The summed E-state index contributed by atoms with van der Waals surface area (Å²) in [6.45, 7) is 8.22. The van der Waals surface area contributed by atoms with Gasteiger partial charge in [-0.1, -0.05) is 22.0 Å². The number of nitrogens with one attached hydrogen (secondary N) is 1. The van der Waals surface area contributed by atoms with Crippen LogP contribution in [0.15, 0.2) is 22.7 Å². The number of aryl methyl sites for hydroxylation is 1. The minimum atomic E-state index is -0.414. The summed E-state index contributed by atoms with van der Waals surface area (Å²) in [6.07, 6.45) is 0.364. The third-order valence-corrected chi connectivity index (χ3v) is 2.76. The highest BCUT2D eigenvalue weighted by Gasteiger charge is 2.15. The Hall–Kier alpha value is -1.03. The first kappa shape index (κ1) is 15.0. The van der Waals surface area contributed by atoms with Gasteiger partial charge in [-0.25, -0.2) is 0 Å². The molecule has 0 fully saturated rings. The monoisotopic (exact) mass is 313 g/mol. The minimum absolute atomic E-state index is 0.178. The number of carbonyl (C=O) groups excluding carboxylic acids is 1. The number of benzene rings is 1. The molecule has 0 radical (unpaired) electrons. The lowest BCUT2D eigenvalue weighted by molar-refractivity contribution is -0.154. The Kier molecular flexibility index (Phi) is 5.20. The zero-order valence-electron chi connectivity index (χ0n) is 11.3. The van der Waals surface area contributed by atoms with Gasteiger partial charge in [0.1, 0.15) is 5.60 Å². The van der Waals surface area contributed by atoms with Crippen molar-refractivity contribution in [2.45, 2.75) is 39.7 Å². The van der Waals surface area contributed by atoms with E-state index in [-0.39, 0.29) is 5.97 Å². The van der Waals surface area contributed by atoms with Gasteiger partial charge < -0.3 is 10.1 Å². The van der Waals surface area contributed by atoms with Crippen LogP contribution in [0.4, 0.5) is 5.69 Å². The van der Waals surface area contributed by atoms with Gasteiger partial charge in [-0.15, -0.1) is 0 Å². The van der Waals surface area contributed by atoms with Crippen LogP contribution < -0.4 is 5.32 Å². The van der Waals surface area contributed by atoms with E-state index in [9.17, 15) is 4.79 Å². The summed E-state index contributed by atoms with van der Waals surface area (Å²) >= 11 is 3.43. The number of anilines is 1. The van der Waals surface area contributed by atoms with Crippen LogP contribution in [0, 0.1) is 6.92 Å². The molecule has 3 nitrogen and oxygen atoms in total. The molecule has 0 bridgehead atoms. The van der Waals surface area contributed by atoms with E-state index in [4.69, 9.17) is 4.74 Å². The summed E-state index contributed by atoms with van der Waals surface area (Å²) in [6, 6.07) is 6.03. The van der Waals surface area contributed by atoms with Crippen molar-refractivity contribution in [3.05, 3.63) is 28.2 Å². The molecular formula is C14H20BrNO2. The average molecular weight is 314 g/mol. The van der Waals surface area contributed by atoms with Gasteiger partial charge in [0.05, 0.1) is 6.42 Å². The van der Waals surface area contributed by atoms with E-state index in [0.29, 0.717) is 13.0 Å². The van der Waals surface area contributed by atoms with E-state index in [0.717, 1.165) is 15.7 Å². The Morgan fingerprint density at radius 3 is 2.67 bits per heavy atom. The molecule has 0 unspecified atom stereocenters. The van der Waals surface area contributed by atoms with Crippen molar-refractivity contribution in [2.24, 2.45) is 0 Å². The quantitative estimate of drug-likeness (QED) is 0.857. The number of esters is 1. The molecule has 0 spiro atoms. The lowest BCUT2D eigenvalue weighted by atomic mass is 10.2. The number of carbonyl (C=O) groups is 1. The molecule has 0 aliphatic heterocycles. The molecule has 1 aromatic carbocycles. The van der Waals surface area contributed by atoms with Crippen molar-refractivity contribution >= 4 is 27.6 Å². The van der Waals surface area contributed by atoms with Gasteiger partial charge in [-0.05, 0) is 45.4 Å². The normalized spacial score (nSPS) is 11.2. The molecule has 4 heteroatoms. The number of hydrogen-bond donors (Lipinski definition) is 1. The van der Waals surface area contributed by atoms with Gasteiger partial charge in [0.15, 0.2) is 0 Å². The minimum Gasteiger partial charge on any atom is -0.460 e. The fourth-order valence-electron chi connectivity index (χ4n) is 1.48. The SMILES string of the molecule is Cc1ccc(Br)cc1NCCC(=O)OC(C)(C)C. The second-order valence-corrected chi connectivity index (χ2v) is 6.14. The van der Waals surface area contributed by atoms with Gasteiger partial charge in [-0.2, -0.15) is 0 Å². The molecule has 0 saturated carbocycles. The highest BCUT2D eigenvalue weighted by molar-refractivity contribution is 9.10. The molecule has 0 saturated heterocycles. The van der Waals surface area contributed by atoms with E-state index in [1.807, 2.05) is 45.9 Å². The lowest BCUT2D eigenvalue weighted by Crippen LogP contribution is -2.25. The predicted octanol–water partition coefficient (Wildman–Crippen LogP) is 3.90. The molecule has 1 aromatic rings. The Morgan fingerprint density at radius 2 is 2.06 bits per heavy atom. The standard InChI is InChI=1S/C14H20BrNO2/c1-10-5-6-11(15)9-12(10)16-8-7-13(17)18-14(2,3)4/h5-6,9,16H,7-8H2,1-4H3. The number of hydrogen-bond acceptors (Lipinski definition) is 3. The Balaban J connectivity index is 2.42. The third kappa shape index (κ3) is 5.54. The molecule has 18 heavy (non-hydrogen) atoms. The highest BCUT2D eigenvalue weighted by atomic mass is 79.9. The van der Waals surface area contributed by atoms with Gasteiger partial charge in [0, 0.05) is 16.7 Å². The topological polar surface area (TPSA) is 38.3 Å². The third-order valence-electron chi connectivity index (χ3n) is 2.26. The fourth-order valence-corrected chi connectivity index (χ4v) is 1.84. The van der Waals surface area contributed by atoms with Crippen LogP contribution in [0.3, 0.4) is 0 Å². The van der Waals surface area contributed by atoms with Crippen molar-refractivity contribution in [1.29, 1.82) is 0 Å². The Bertz CT molecular complexity index is 424. The van der Waals surface area contributed by atoms with Gasteiger partial charge in [-0.3, -0.25) is 4.79 Å². The summed E-state index contributed by atoms with van der Waals surface area (Å²) < 4.78 is 6.26. The van der Waals surface area contributed by atoms with E-state index < -0.39 is 5.60 Å². The first-order valence-electron chi connectivity index (χ1n) is 6.00. The zero-order valence-corrected chi connectivity index (χ0v) is 12.9. The maximum Gasteiger partial charge on any atom is 0.308 e. The average Bonchev–Trinajstić information content (AvgIpc) is 2.20. The molecule has 1 N–H and O–H groups in total. The van der Waals surface area contributed by atoms with Crippen LogP contribution in [-0.2, 0) is 9.53 Å².